The van der Waals surface area contributed by atoms with Crippen LogP contribution in [0.5, 0.6) is 0 Å². The van der Waals surface area contributed by atoms with Gasteiger partial charge >= 0.3 is 0 Å². The molecule has 2 N–H and O–H groups in total. The minimum absolute atomic E-state index is 0.0628. The van der Waals surface area contributed by atoms with E-state index in [-0.39, 0.29) is 12.5 Å². The second-order valence-electron chi connectivity index (χ2n) is 8.21. The maximum atomic E-state index is 12.9. The van der Waals surface area contributed by atoms with Gasteiger partial charge in [0.2, 0.25) is 5.91 Å². The third kappa shape index (κ3) is 5.66. The summed E-state index contributed by atoms with van der Waals surface area (Å²) in [4.78, 5) is 21.5. The molecule has 2 aliphatic rings. The van der Waals surface area contributed by atoms with Gasteiger partial charge in [0.05, 0.1) is 19.8 Å². The van der Waals surface area contributed by atoms with Crippen molar-refractivity contribution in [1.29, 1.82) is 0 Å². The number of guanidine groups is 1. The van der Waals surface area contributed by atoms with Gasteiger partial charge in [0, 0.05) is 45.5 Å². The van der Waals surface area contributed by atoms with Crippen LogP contribution in [0.25, 0.3) is 0 Å². The number of nitrogens with zero attached hydrogens (tertiary/aromatic N) is 3. The summed E-state index contributed by atoms with van der Waals surface area (Å²) in [6.45, 7) is 6.07. The third-order valence-electron chi connectivity index (χ3n) is 6.10. The first-order chi connectivity index (χ1) is 15.7. The molecule has 7 heteroatoms. The first kappa shape index (κ1) is 22.3. The minimum atomic E-state index is 0.0628. The highest BCUT2D eigenvalue weighted by Gasteiger charge is 2.22. The van der Waals surface area contributed by atoms with E-state index in [0.29, 0.717) is 12.5 Å². The van der Waals surface area contributed by atoms with Crippen molar-refractivity contribution in [2.75, 3.05) is 51.3 Å². The number of carbonyl (C=O) groups is 1. The van der Waals surface area contributed by atoms with Gasteiger partial charge in [0.25, 0.3) is 0 Å². The van der Waals surface area contributed by atoms with Crippen LogP contribution in [-0.4, -0.2) is 63.2 Å². The van der Waals surface area contributed by atoms with E-state index in [1.165, 1.54) is 16.7 Å². The number of morpholine rings is 1. The van der Waals surface area contributed by atoms with Crippen LogP contribution in [0, 0.1) is 0 Å². The number of hydrogen-bond donors (Lipinski definition) is 2. The van der Waals surface area contributed by atoms with Gasteiger partial charge in [0.15, 0.2) is 5.96 Å². The second kappa shape index (κ2) is 11.1. The number of amides is 1. The van der Waals surface area contributed by atoms with Gasteiger partial charge in [-0.2, -0.15) is 0 Å². The van der Waals surface area contributed by atoms with Crippen LogP contribution >= 0.6 is 0 Å². The molecule has 0 radical (unpaired) electrons. The Morgan fingerprint density at radius 2 is 1.75 bits per heavy atom. The predicted octanol–water partition coefficient (Wildman–Crippen LogP) is 2.16. The molecule has 1 amide bonds. The summed E-state index contributed by atoms with van der Waals surface area (Å²) in [6.07, 6.45) is 2.02. The molecule has 1 fully saturated rings. The topological polar surface area (TPSA) is 69.2 Å². The molecule has 1 saturated heterocycles. The van der Waals surface area contributed by atoms with Crippen molar-refractivity contribution in [3.63, 3.8) is 0 Å². The average Bonchev–Trinajstić information content (AvgIpc) is 2.85. The van der Waals surface area contributed by atoms with Crippen molar-refractivity contribution in [3.05, 3.63) is 65.2 Å². The standard InChI is InChI=1S/C25H33N5O2/c1-26-25(28-18-24(31)30-12-6-10-20-7-4-5-11-23(20)30)27-17-21-8-2-3-9-22(21)19-29-13-15-32-16-14-29/h2-5,7-9,11H,6,10,12-19H2,1H3,(H2,26,27,28). The normalized spacial score (nSPS) is 17.0. The number of rotatable bonds is 6. The number of ether oxygens (including phenoxy) is 1. The smallest absolute Gasteiger partial charge is 0.246 e. The van der Waals surface area contributed by atoms with E-state index in [4.69, 9.17) is 4.74 Å². The van der Waals surface area contributed by atoms with Crippen molar-refractivity contribution in [3.8, 4) is 0 Å². The average molecular weight is 436 g/mol. The van der Waals surface area contributed by atoms with Gasteiger partial charge in [-0.1, -0.05) is 42.5 Å². The summed E-state index contributed by atoms with van der Waals surface area (Å²) < 4.78 is 5.46. The molecule has 7 nitrogen and oxygen atoms in total. The molecule has 170 valence electrons. The Bertz CT molecular complexity index is 939. The molecule has 0 spiro atoms. The number of benzene rings is 2. The highest BCUT2D eigenvalue weighted by molar-refractivity contribution is 5.98. The number of anilines is 1. The van der Waals surface area contributed by atoms with Gasteiger partial charge in [-0.3, -0.25) is 14.7 Å². The molecule has 32 heavy (non-hydrogen) atoms. The second-order valence-corrected chi connectivity index (χ2v) is 8.21. The molecule has 2 aromatic carbocycles. The quantitative estimate of drug-likeness (QED) is 0.538. The molecule has 0 aromatic heterocycles. The summed E-state index contributed by atoms with van der Waals surface area (Å²) >= 11 is 0. The lowest BCUT2D eigenvalue weighted by Crippen LogP contribution is -2.46. The Balaban J connectivity index is 1.31. The molecule has 0 atom stereocenters. The number of carbonyl (C=O) groups excluding carboxylic acids is 1. The zero-order valence-electron chi connectivity index (χ0n) is 18.8. The lowest BCUT2D eigenvalue weighted by molar-refractivity contribution is -0.117. The zero-order chi connectivity index (χ0) is 22.2. The SMILES string of the molecule is CN=C(NCC(=O)N1CCCc2ccccc21)NCc1ccccc1CN1CCOCC1. The molecule has 4 rings (SSSR count). The summed E-state index contributed by atoms with van der Waals surface area (Å²) in [5, 5.41) is 6.55. The Hall–Kier alpha value is -2.90. The molecule has 2 heterocycles. The van der Waals surface area contributed by atoms with Crippen molar-refractivity contribution >= 4 is 17.6 Å². The Morgan fingerprint density at radius 1 is 1.00 bits per heavy atom. The van der Waals surface area contributed by atoms with E-state index in [9.17, 15) is 4.79 Å². The molecule has 0 bridgehead atoms. The van der Waals surface area contributed by atoms with Gasteiger partial charge in [-0.15, -0.1) is 0 Å². The molecule has 2 aromatic rings. The lowest BCUT2D eigenvalue weighted by Gasteiger charge is -2.29. The molecular formula is C25H33N5O2. The number of fused-ring (bicyclic) bond motifs is 1. The van der Waals surface area contributed by atoms with Crippen LogP contribution in [0.4, 0.5) is 5.69 Å². The maximum absolute atomic E-state index is 12.9. The van der Waals surface area contributed by atoms with E-state index in [1.807, 2.05) is 23.1 Å². The fourth-order valence-corrected chi connectivity index (χ4v) is 4.33. The fourth-order valence-electron chi connectivity index (χ4n) is 4.33. The third-order valence-corrected chi connectivity index (χ3v) is 6.10. The van der Waals surface area contributed by atoms with Crippen molar-refractivity contribution < 1.29 is 9.53 Å². The maximum Gasteiger partial charge on any atom is 0.246 e. The van der Waals surface area contributed by atoms with Crippen LogP contribution in [0.15, 0.2) is 53.5 Å². The van der Waals surface area contributed by atoms with Crippen LogP contribution in [0.1, 0.15) is 23.1 Å². The number of hydrogen-bond acceptors (Lipinski definition) is 4. The molecule has 0 saturated carbocycles. The van der Waals surface area contributed by atoms with Crippen LogP contribution in [0.2, 0.25) is 0 Å². The lowest BCUT2D eigenvalue weighted by atomic mass is 10.0. The van der Waals surface area contributed by atoms with Gasteiger partial charge < -0.3 is 20.3 Å². The largest absolute Gasteiger partial charge is 0.379 e. The van der Waals surface area contributed by atoms with Gasteiger partial charge in [-0.05, 0) is 35.6 Å². The Morgan fingerprint density at radius 3 is 2.56 bits per heavy atom. The molecule has 0 aliphatic carbocycles. The van der Waals surface area contributed by atoms with Gasteiger partial charge in [0.1, 0.15) is 0 Å². The van der Waals surface area contributed by atoms with E-state index in [2.05, 4.69) is 50.9 Å². The van der Waals surface area contributed by atoms with E-state index in [0.717, 1.165) is 57.9 Å². The number of aryl methyl sites for hydroxylation is 1. The molecule has 0 unspecified atom stereocenters. The van der Waals surface area contributed by atoms with E-state index < -0.39 is 0 Å². The Kier molecular flexibility index (Phi) is 7.74. The minimum Gasteiger partial charge on any atom is -0.379 e. The highest BCUT2D eigenvalue weighted by Crippen LogP contribution is 2.26. The van der Waals surface area contributed by atoms with Crippen LogP contribution in [0.3, 0.4) is 0 Å². The Labute approximate surface area is 190 Å². The van der Waals surface area contributed by atoms with Crippen molar-refractivity contribution in [2.24, 2.45) is 4.99 Å². The first-order valence-electron chi connectivity index (χ1n) is 11.4. The zero-order valence-corrected chi connectivity index (χ0v) is 18.8. The summed E-state index contributed by atoms with van der Waals surface area (Å²) in [6, 6.07) is 16.6. The van der Waals surface area contributed by atoms with Crippen LogP contribution in [-0.2, 0) is 29.0 Å². The number of nitrogens with one attached hydrogen (secondary N) is 2. The van der Waals surface area contributed by atoms with Crippen molar-refractivity contribution in [1.82, 2.24) is 15.5 Å². The summed E-state index contributed by atoms with van der Waals surface area (Å²) in [5.41, 5.74) is 4.81. The van der Waals surface area contributed by atoms with E-state index >= 15 is 0 Å². The monoisotopic (exact) mass is 435 g/mol. The van der Waals surface area contributed by atoms with Gasteiger partial charge in [-0.25, -0.2) is 0 Å². The molecular weight excluding hydrogens is 402 g/mol. The number of para-hydroxylation sites is 1. The van der Waals surface area contributed by atoms with Crippen molar-refractivity contribution in [2.45, 2.75) is 25.9 Å². The number of aliphatic imine (C=N–C) groups is 1. The summed E-state index contributed by atoms with van der Waals surface area (Å²) in [7, 11) is 1.73. The van der Waals surface area contributed by atoms with Crippen LogP contribution < -0.4 is 15.5 Å². The molecule has 2 aliphatic heterocycles. The first-order valence-corrected chi connectivity index (χ1v) is 11.4. The van der Waals surface area contributed by atoms with E-state index in [1.54, 1.807) is 7.05 Å². The summed E-state index contributed by atoms with van der Waals surface area (Å²) in [5.74, 6) is 0.692. The fraction of sp³-hybridized carbons (Fsp3) is 0.440. The predicted molar refractivity (Wildman–Crippen MR) is 128 cm³/mol. The highest BCUT2D eigenvalue weighted by atomic mass is 16.5.